The highest BCUT2D eigenvalue weighted by molar-refractivity contribution is 8.00. The molecule has 2 amide bonds. The van der Waals surface area contributed by atoms with Crippen LogP contribution in [0.1, 0.15) is 12.5 Å². The first-order valence-corrected chi connectivity index (χ1v) is 7.54. The lowest BCUT2D eigenvalue weighted by molar-refractivity contribution is -0.134. The molecule has 1 aliphatic heterocycles. The van der Waals surface area contributed by atoms with E-state index in [4.69, 9.17) is 0 Å². The average molecular weight is 294 g/mol. The van der Waals surface area contributed by atoms with Crippen molar-refractivity contribution in [2.24, 2.45) is 0 Å². The lowest BCUT2D eigenvalue weighted by Gasteiger charge is -2.36. The largest absolute Gasteiger partial charge is 0.393 e. The molecule has 1 heterocycles. The topological polar surface area (TPSA) is 78.4 Å². The molecule has 3 unspecified atom stereocenters. The van der Waals surface area contributed by atoms with Crippen LogP contribution < -0.4 is 10.6 Å². The van der Waals surface area contributed by atoms with E-state index >= 15 is 0 Å². The van der Waals surface area contributed by atoms with Crippen molar-refractivity contribution in [1.82, 2.24) is 10.6 Å². The molecule has 6 heteroatoms. The predicted molar refractivity (Wildman–Crippen MR) is 78.1 cm³/mol. The Morgan fingerprint density at radius 2 is 2.15 bits per heavy atom. The summed E-state index contributed by atoms with van der Waals surface area (Å²) in [4.78, 5) is 23.4. The molecule has 1 saturated heterocycles. The van der Waals surface area contributed by atoms with Gasteiger partial charge in [-0.2, -0.15) is 0 Å². The molecular weight excluding hydrogens is 276 g/mol. The summed E-state index contributed by atoms with van der Waals surface area (Å²) >= 11 is 1.43. The summed E-state index contributed by atoms with van der Waals surface area (Å²) in [6, 6.07) is 8.89. The second-order valence-electron chi connectivity index (χ2n) is 4.82. The maximum atomic E-state index is 11.9. The number of hydrogen-bond acceptors (Lipinski definition) is 4. The number of aliphatic hydroxyl groups excluding tert-OH is 1. The van der Waals surface area contributed by atoms with Crippen molar-refractivity contribution >= 4 is 23.6 Å². The van der Waals surface area contributed by atoms with Gasteiger partial charge in [-0.25, -0.2) is 0 Å². The number of carbonyl (C=O) groups excluding carboxylic acids is 2. The number of nitrogens with one attached hydrogen (secondary N) is 2. The standard InChI is InChI=1S/C14H18N2O3S/c1-9(17)8-20-14-12(13(19)16-14)15-11(18)7-10-5-3-2-4-6-10/h2-6,9,12,14,17H,7-8H2,1H3,(H,15,18)(H,16,19). The monoisotopic (exact) mass is 294 g/mol. The number of carbonyl (C=O) groups is 2. The zero-order chi connectivity index (χ0) is 14.5. The molecule has 2 rings (SSSR count). The second-order valence-corrected chi connectivity index (χ2v) is 5.99. The van der Waals surface area contributed by atoms with Crippen LogP contribution in [0.25, 0.3) is 0 Å². The summed E-state index contributed by atoms with van der Waals surface area (Å²) in [6.07, 6.45) is -0.170. The molecule has 0 spiro atoms. The zero-order valence-corrected chi connectivity index (χ0v) is 12.0. The van der Waals surface area contributed by atoms with Crippen LogP contribution in [0.15, 0.2) is 30.3 Å². The molecule has 0 bridgehead atoms. The van der Waals surface area contributed by atoms with Crippen LogP contribution in [-0.4, -0.2) is 40.2 Å². The summed E-state index contributed by atoms with van der Waals surface area (Å²) in [5.74, 6) is 0.184. The van der Waals surface area contributed by atoms with Gasteiger partial charge >= 0.3 is 0 Å². The van der Waals surface area contributed by atoms with E-state index in [2.05, 4.69) is 10.6 Å². The van der Waals surface area contributed by atoms with Crippen molar-refractivity contribution in [1.29, 1.82) is 0 Å². The Bertz CT molecular complexity index is 479. The fourth-order valence-electron chi connectivity index (χ4n) is 1.88. The Labute approximate surface area is 122 Å². The molecule has 0 aromatic heterocycles. The quantitative estimate of drug-likeness (QED) is 0.659. The number of rotatable bonds is 6. The minimum atomic E-state index is -0.505. The van der Waals surface area contributed by atoms with E-state index in [1.807, 2.05) is 30.3 Å². The lowest BCUT2D eigenvalue weighted by atomic mass is 10.1. The molecular formula is C14H18N2O3S. The summed E-state index contributed by atoms with van der Waals surface area (Å²) in [5.41, 5.74) is 0.915. The van der Waals surface area contributed by atoms with Crippen molar-refractivity contribution in [3.05, 3.63) is 35.9 Å². The van der Waals surface area contributed by atoms with Gasteiger partial charge in [-0.3, -0.25) is 9.59 Å². The van der Waals surface area contributed by atoms with Gasteiger partial charge in [0.1, 0.15) is 11.4 Å². The lowest BCUT2D eigenvalue weighted by Crippen LogP contribution is -2.68. The van der Waals surface area contributed by atoms with Crippen molar-refractivity contribution in [3.63, 3.8) is 0 Å². The smallest absolute Gasteiger partial charge is 0.246 e. The number of amides is 2. The van der Waals surface area contributed by atoms with Gasteiger partial charge in [0.05, 0.1) is 12.5 Å². The fourth-order valence-corrected chi connectivity index (χ4v) is 2.95. The van der Waals surface area contributed by atoms with Gasteiger partial charge in [-0.15, -0.1) is 11.8 Å². The molecule has 3 N–H and O–H groups in total. The van der Waals surface area contributed by atoms with Crippen molar-refractivity contribution in [2.45, 2.75) is 30.9 Å². The van der Waals surface area contributed by atoms with Gasteiger partial charge in [-0.05, 0) is 12.5 Å². The van der Waals surface area contributed by atoms with Crippen LogP contribution in [0.4, 0.5) is 0 Å². The summed E-state index contributed by atoms with van der Waals surface area (Å²) in [5, 5.41) is 14.5. The van der Waals surface area contributed by atoms with Crippen LogP contribution in [0.3, 0.4) is 0 Å². The summed E-state index contributed by atoms with van der Waals surface area (Å²) in [7, 11) is 0. The highest BCUT2D eigenvalue weighted by atomic mass is 32.2. The van der Waals surface area contributed by atoms with E-state index in [9.17, 15) is 14.7 Å². The van der Waals surface area contributed by atoms with Crippen LogP contribution >= 0.6 is 11.8 Å². The Morgan fingerprint density at radius 3 is 2.75 bits per heavy atom. The first-order valence-electron chi connectivity index (χ1n) is 6.49. The third-order valence-electron chi connectivity index (χ3n) is 2.91. The molecule has 1 aromatic carbocycles. The normalized spacial score (nSPS) is 22.6. The third-order valence-corrected chi connectivity index (χ3v) is 4.33. The van der Waals surface area contributed by atoms with E-state index in [0.29, 0.717) is 5.75 Å². The zero-order valence-electron chi connectivity index (χ0n) is 11.2. The minimum absolute atomic E-state index is 0.156. The van der Waals surface area contributed by atoms with Crippen LogP contribution in [0.5, 0.6) is 0 Å². The van der Waals surface area contributed by atoms with Gasteiger partial charge in [0.15, 0.2) is 0 Å². The molecule has 1 fully saturated rings. The molecule has 5 nitrogen and oxygen atoms in total. The first-order chi connectivity index (χ1) is 9.56. The van der Waals surface area contributed by atoms with Crippen LogP contribution in [0, 0.1) is 0 Å². The van der Waals surface area contributed by atoms with E-state index in [0.717, 1.165) is 5.56 Å². The van der Waals surface area contributed by atoms with Gasteiger partial charge in [0.25, 0.3) is 0 Å². The number of benzene rings is 1. The maximum absolute atomic E-state index is 11.9. The average Bonchev–Trinajstić information content (AvgIpc) is 2.41. The Morgan fingerprint density at radius 1 is 1.45 bits per heavy atom. The van der Waals surface area contributed by atoms with E-state index in [-0.39, 0.29) is 23.6 Å². The highest BCUT2D eigenvalue weighted by Gasteiger charge is 2.40. The number of thioether (sulfide) groups is 1. The Balaban J connectivity index is 1.82. The first kappa shape index (κ1) is 14.9. The Kier molecular flexibility index (Phi) is 5.03. The number of aliphatic hydroxyl groups is 1. The molecule has 0 aliphatic carbocycles. The van der Waals surface area contributed by atoms with Crippen LogP contribution in [0.2, 0.25) is 0 Å². The number of hydrogen-bond donors (Lipinski definition) is 3. The van der Waals surface area contributed by atoms with E-state index in [1.165, 1.54) is 11.8 Å². The minimum Gasteiger partial charge on any atom is -0.393 e. The van der Waals surface area contributed by atoms with E-state index < -0.39 is 12.1 Å². The van der Waals surface area contributed by atoms with Gasteiger partial charge in [0, 0.05) is 5.75 Å². The summed E-state index contributed by atoms with van der Waals surface area (Å²) in [6.45, 7) is 1.69. The van der Waals surface area contributed by atoms with Crippen LogP contribution in [-0.2, 0) is 16.0 Å². The molecule has 0 radical (unpaired) electrons. The highest BCUT2D eigenvalue weighted by Crippen LogP contribution is 2.20. The van der Waals surface area contributed by atoms with Crippen molar-refractivity contribution < 1.29 is 14.7 Å². The second kappa shape index (κ2) is 6.76. The molecule has 1 aliphatic rings. The fraction of sp³-hybridized carbons (Fsp3) is 0.429. The van der Waals surface area contributed by atoms with Crippen molar-refractivity contribution in [2.75, 3.05) is 5.75 Å². The van der Waals surface area contributed by atoms with Gasteiger partial charge < -0.3 is 15.7 Å². The van der Waals surface area contributed by atoms with Gasteiger partial charge in [0.2, 0.25) is 11.8 Å². The molecule has 1 aromatic rings. The number of β-lactam (4-membered cyclic amide) rings is 1. The molecule has 0 saturated carbocycles. The maximum Gasteiger partial charge on any atom is 0.246 e. The molecule has 3 atom stereocenters. The summed E-state index contributed by atoms with van der Waals surface area (Å²) < 4.78 is 0. The Hall–Kier alpha value is -1.53. The van der Waals surface area contributed by atoms with Gasteiger partial charge in [-0.1, -0.05) is 30.3 Å². The van der Waals surface area contributed by atoms with E-state index in [1.54, 1.807) is 6.92 Å². The van der Waals surface area contributed by atoms with Crippen molar-refractivity contribution in [3.8, 4) is 0 Å². The SMILES string of the molecule is CC(O)CSC1NC(=O)C1NC(=O)Cc1ccccc1. The molecule has 108 valence electrons. The molecule has 20 heavy (non-hydrogen) atoms. The predicted octanol–water partition coefficient (Wildman–Crippen LogP) is 0.284. The third kappa shape index (κ3) is 3.98.